The van der Waals surface area contributed by atoms with Crippen LogP contribution in [0, 0.1) is 0 Å². The Morgan fingerprint density at radius 3 is 2.36 bits per heavy atom. The molecule has 1 fully saturated rings. The van der Waals surface area contributed by atoms with Gasteiger partial charge in [0.1, 0.15) is 4.90 Å². The van der Waals surface area contributed by atoms with E-state index in [1.165, 1.54) is 10.7 Å². The first-order valence-corrected chi connectivity index (χ1v) is 11.8. The van der Waals surface area contributed by atoms with Gasteiger partial charge in [0.15, 0.2) is 5.69 Å². The summed E-state index contributed by atoms with van der Waals surface area (Å²) in [6.45, 7) is 0. The number of nitrogens with zero attached hydrogens (tertiary/aromatic N) is 3. The van der Waals surface area contributed by atoms with Crippen LogP contribution in [0.25, 0.3) is 5.69 Å². The Bertz CT molecular complexity index is 1370. The molecule has 174 valence electrons. The Labute approximate surface area is 200 Å². The molecule has 0 spiro atoms. The number of sulfonamides is 1. The van der Waals surface area contributed by atoms with Crippen LogP contribution >= 0.6 is 34.8 Å². The molecule has 1 heterocycles. The van der Waals surface area contributed by atoms with Gasteiger partial charge in [0.05, 0.1) is 27.0 Å². The molecule has 0 saturated heterocycles. The maximum atomic E-state index is 13.0. The van der Waals surface area contributed by atoms with Crippen LogP contribution in [0.2, 0.25) is 15.1 Å². The van der Waals surface area contributed by atoms with E-state index >= 15 is 0 Å². The van der Waals surface area contributed by atoms with E-state index in [1.807, 2.05) is 0 Å². The van der Waals surface area contributed by atoms with Gasteiger partial charge in [-0.05, 0) is 49.2 Å². The highest BCUT2D eigenvalue weighted by molar-refractivity contribution is 7.90. The molecular formula is C19H12Cl3F3N4O3S. The fourth-order valence-electron chi connectivity index (χ4n) is 3.12. The number of rotatable bonds is 5. The maximum Gasteiger partial charge on any atom is 0.416 e. The molecule has 1 saturated carbocycles. The zero-order valence-electron chi connectivity index (χ0n) is 16.2. The molecule has 4 rings (SSSR count). The van der Waals surface area contributed by atoms with E-state index < -0.39 is 37.6 Å². The van der Waals surface area contributed by atoms with E-state index in [9.17, 15) is 26.4 Å². The normalized spacial score (nSPS) is 14.4. The highest BCUT2D eigenvalue weighted by Gasteiger charge is 2.37. The molecular weight excluding hydrogens is 528 g/mol. The van der Waals surface area contributed by atoms with Crippen molar-refractivity contribution < 1.29 is 26.4 Å². The average molecular weight is 540 g/mol. The molecule has 0 atom stereocenters. The van der Waals surface area contributed by atoms with Crippen LogP contribution in [0.5, 0.6) is 0 Å². The molecule has 0 aliphatic heterocycles. The molecule has 1 aliphatic carbocycles. The van der Waals surface area contributed by atoms with Crippen LogP contribution in [0.1, 0.15) is 40.5 Å². The summed E-state index contributed by atoms with van der Waals surface area (Å²) in [6, 6.07) is 6.36. The van der Waals surface area contributed by atoms with Gasteiger partial charge in [-0.25, -0.2) is 17.8 Å². The third kappa shape index (κ3) is 4.81. The van der Waals surface area contributed by atoms with Crippen LogP contribution in [0.4, 0.5) is 13.2 Å². The quantitative estimate of drug-likeness (QED) is 0.478. The van der Waals surface area contributed by atoms with Crippen molar-refractivity contribution in [3.05, 3.63) is 68.4 Å². The SMILES string of the molecule is O=C(NS(=O)(=O)c1cc(C(F)(F)F)ccc1Cl)c1nnn(-c2ccc(Cl)cc2Cl)c1C1CC1. The Morgan fingerprint density at radius 2 is 1.76 bits per heavy atom. The van der Waals surface area contributed by atoms with Crippen molar-refractivity contribution in [2.45, 2.75) is 29.8 Å². The number of carbonyl (C=O) groups excluding carboxylic acids is 1. The van der Waals surface area contributed by atoms with Crippen LogP contribution < -0.4 is 4.72 Å². The second-order valence-electron chi connectivity index (χ2n) is 7.18. The second-order valence-corrected chi connectivity index (χ2v) is 10.1. The number of halogens is 6. The number of nitrogens with one attached hydrogen (secondary N) is 1. The number of carbonyl (C=O) groups is 1. The lowest BCUT2D eigenvalue weighted by atomic mass is 10.2. The van der Waals surface area contributed by atoms with Gasteiger partial charge in [-0.2, -0.15) is 13.2 Å². The third-order valence-corrected chi connectivity index (χ3v) is 7.15. The van der Waals surface area contributed by atoms with E-state index in [4.69, 9.17) is 34.8 Å². The molecule has 1 amide bonds. The van der Waals surface area contributed by atoms with Gasteiger partial charge in [0.2, 0.25) is 0 Å². The van der Waals surface area contributed by atoms with Gasteiger partial charge in [-0.15, -0.1) is 5.10 Å². The highest BCUT2D eigenvalue weighted by Crippen LogP contribution is 2.43. The number of hydrogen-bond donors (Lipinski definition) is 1. The lowest BCUT2D eigenvalue weighted by molar-refractivity contribution is -0.137. The summed E-state index contributed by atoms with van der Waals surface area (Å²) in [5.41, 5.74) is -0.836. The number of hydrogen-bond acceptors (Lipinski definition) is 5. The van der Waals surface area contributed by atoms with Crippen molar-refractivity contribution in [3.63, 3.8) is 0 Å². The van der Waals surface area contributed by atoms with E-state index in [2.05, 4.69) is 10.3 Å². The summed E-state index contributed by atoms with van der Waals surface area (Å²) in [7, 11) is -4.76. The van der Waals surface area contributed by atoms with Gasteiger partial charge >= 0.3 is 6.18 Å². The van der Waals surface area contributed by atoms with Gasteiger partial charge in [-0.1, -0.05) is 40.0 Å². The smallest absolute Gasteiger partial charge is 0.266 e. The molecule has 0 radical (unpaired) electrons. The van der Waals surface area contributed by atoms with Crippen molar-refractivity contribution in [1.29, 1.82) is 0 Å². The summed E-state index contributed by atoms with van der Waals surface area (Å²) >= 11 is 18.0. The monoisotopic (exact) mass is 538 g/mol. The lowest BCUT2D eigenvalue weighted by Gasteiger charge is -2.12. The summed E-state index contributed by atoms with van der Waals surface area (Å²) < 4.78 is 67.5. The Morgan fingerprint density at radius 1 is 1.06 bits per heavy atom. The topological polar surface area (TPSA) is 93.9 Å². The molecule has 7 nitrogen and oxygen atoms in total. The van der Waals surface area contributed by atoms with Crippen LogP contribution in [-0.4, -0.2) is 29.3 Å². The molecule has 2 aromatic carbocycles. The number of amides is 1. The van der Waals surface area contributed by atoms with Gasteiger partial charge in [0.25, 0.3) is 15.9 Å². The highest BCUT2D eigenvalue weighted by atomic mass is 35.5. The van der Waals surface area contributed by atoms with Crippen molar-refractivity contribution >= 4 is 50.7 Å². The standard InChI is InChI=1S/C19H12Cl3F3N4O3S/c20-11-4-6-14(13(22)8-11)29-17(9-1-2-9)16(26-28-29)18(30)27-33(31,32)15-7-10(19(23,24)25)3-5-12(15)21/h3-9H,1-2H2,(H,27,30). The van der Waals surface area contributed by atoms with Gasteiger partial charge < -0.3 is 0 Å². The number of aromatic nitrogens is 3. The molecule has 0 bridgehead atoms. The molecule has 1 aromatic heterocycles. The van der Waals surface area contributed by atoms with E-state index in [0.717, 1.165) is 6.07 Å². The first-order valence-electron chi connectivity index (χ1n) is 9.23. The van der Waals surface area contributed by atoms with Crippen LogP contribution in [0.3, 0.4) is 0 Å². The Hall–Kier alpha value is -2.34. The van der Waals surface area contributed by atoms with Crippen molar-refractivity contribution in [2.75, 3.05) is 0 Å². The fourth-order valence-corrected chi connectivity index (χ4v) is 5.08. The molecule has 1 N–H and O–H groups in total. The van der Waals surface area contributed by atoms with Gasteiger partial charge in [0, 0.05) is 10.9 Å². The molecule has 0 unspecified atom stereocenters. The number of alkyl halides is 3. The minimum atomic E-state index is -4.81. The summed E-state index contributed by atoms with van der Waals surface area (Å²) in [4.78, 5) is 11.9. The zero-order valence-corrected chi connectivity index (χ0v) is 19.3. The van der Waals surface area contributed by atoms with Crippen molar-refractivity contribution in [3.8, 4) is 5.69 Å². The van der Waals surface area contributed by atoms with Crippen LogP contribution in [-0.2, 0) is 16.2 Å². The predicted molar refractivity (Wildman–Crippen MR) is 114 cm³/mol. The maximum absolute atomic E-state index is 13.0. The number of benzene rings is 2. The largest absolute Gasteiger partial charge is 0.416 e. The summed E-state index contributed by atoms with van der Waals surface area (Å²) in [5, 5.41) is 7.86. The van der Waals surface area contributed by atoms with E-state index in [-0.39, 0.29) is 16.6 Å². The second kappa shape index (κ2) is 8.46. The fraction of sp³-hybridized carbons (Fsp3) is 0.211. The van der Waals surface area contributed by atoms with Crippen LogP contribution in [0.15, 0.2) is 41.3 Å². The first-order chi connectivity index (χ1) is 15.4. The minimum absolute atomic E-state index is 0.132. The minimum Gasteiger partial charge on any atom is -0.266 e. The van der Waals surface area contributed by atoms with Crippen molar-refractivity contribution in [1.82, 2.24) is 19.7 Å². The predicted octanol–water partition coefficient (Wildman–Crippen LogP) is 5.24. The third-order valence-electron chi connectivity index (χ3n) is 4.80. The van der Waals surface area contributed by atoms with E-state index in [0.29, 0.717) is 41.4 Å². The molecule has 33 heavy (non-hydrogen) atoms. The van der Waals surface area contributed by atoms with E-state index in [1.54, 1.807) is 16.9 Å². The molecule has 14 heteroatoms. The summed E-state index contributed by atoms with van der Waals surface area (Å²) in [6.07, 6.45) is -3.41. The molecule has 3 aromatic rings. The van der Waals surface area contributed by atoms with Gasteiger partial charge in [-0.3, -0.25) is 4.79 Å². The Kier molecular flexibility index (Phi) is 6.10. The Balaban J connectivity index is 1.71. The molecule has 1 aliphatic rings. The van der Waals surface area contributed by atoms with Crippen molar-refractivity contribution in [2.24, 2.45) is 0 Å². The summed E-state index contributed by atoms with van der Waals surface area (Å²) in [5.74, 6) is -1.30. The average Bonchev–Trinajstić information content (AvgIpc) is 3.45. The lowest BCUT2D eigenvalue weighted by Crippen LogP contribution is -2.32. The zero-order chi connectivity index (χ0) is 24.1. The first kappa shape index (κ1) is 23.8.